The molecule has 0 aromatic carbocycles. The van der Waals surface area contributed by atoms with Crippen LogP contribution < -0.4 is 4.90 Å². The topological polar surface area (TPSA) is 74.4 Å². The fourth-order valence-corrected chi connectivity index (χ4v) is 3.46. The number of hydrogen-bond acceptors (Lipinski definition) is 6. The second kappa shape index (κ2) is 12.5. The Bertz CT molecular complexity index is 675. The maximum atomic E-state index is 9.00. The van der Waals surface area contributed by atoms with E-state index in [1.54, 1.807) is 24.7 Å². The van der Waals surface area contributed by atoms with Crippen molar-refractivity contribution in [2.45, 2.75) is 39.5 Å². The molecule has 1 aliphatic rings. The van der Waals surface area contributed by atoms with Gasteiger partial charge in [-0.3, -0.25) is 4.99 Å². The minimum atomic E-state index is 0.463. The van der Waals surface area contributed by atoms with Crippen molar-refractivity contribution in [2.24, 2.45) is 16.8 Å². The number of ether oxygens (including phenoxy) is 1. The fraction of sp³-hybridized carbons (Fsp3) is 0.619. The van der Waals surface area contributed by atoms with Crippen LogP contribution in [0.5, 0.6) is 0 Å². The highest BCUT2D eigenvalue weighted by Crippen LogP contribution is 2.27. The minimum Gasteiger partial charge on any atom is -0.377 e. The summed E-state index contributed by atoms with van der Waals surface area (Å²) in [6, 6.07) is 2.12. The molecule has 1 saturated heterocycles. The number of halogens is 1. The van der Waals surface area contributed by atoms with Crippen molar-refractivity contribution < 1.29 is 4.74 Å². The van der Waals surface area contributed by atoms with Crippen LogP contribution in [0.4, 0.5) is 5.95 Å². The van der Waals surface area contributed by atoms with Crippen LogP contribution in [-0.2, 0) is 4.74 Å². The number of nitrogens with zero attached hydrogens (tertiary/aromatic N) is 5. The molecule has 7 heteroatoms. The van der Waals surface area contributed by atoms with Crippen molar-refractivity contribution in [1.29, 1.82) is 5.26 Å². The van der Waals surface area contributed by atoms with Gasteiger partial charge in [-0.2, -0.15) is 5.26 Å². The molecule has 28 heavy (non-hydrogen) atoms. The first-order valence-electron chi connectivity index (χ1n) is 10.0. The molecule has 0 aliphatic carbocycles. The third-order valence-electron chi connectivity index (χ3n) is 4.96. The third-order valence-corrected chi connectivity index (χ3v) is 5.15. The summed E-state index contributed by atoms with van der Waals surface area (Å²) in [5.41, 5.74) is 0.561. The van der Waals surface area contributed by atoms with E-state index >= 15 is 0 Å². The number of rotatable bonds is 10. The highest BCUT2D eigenvalue weighted by Gasteiger charge is 2.22. The van der Waals surface area contributed by atoms with E-state index in [1.807, 2.05) is 6.92 Å². The van der Waals surface area contributed by atoms with Gasteiger partial charge in [-0.05, 0) is 50.5 Å². The average Bonchev–Trinajstić information content (AvgIpc) is 2.71. The molecule has 1 aromatic heterocycles. The lowest BCUT2D eigenvalue weighted by Crippen LogP contribution is -2.35. The predicted octanol–water partition coefficient (Wildman–Crippen LogP) is 4.32. The molecule has 2 rings (SSSR count). The van der Waals surface area contributed by atoms with Gasteiger partial charge in [-0.15, -0.1) is 0 Å². The standard InChI is InChI=1S/C21H30ClN5O/c1-3-24-14-19(13-23)7-11-28-10-6-17(2)12-18-4-8-27(9-5-18)21-25-15-20(22)16-26-21/h7,14-18H,3-6,8-12H2,1-2H3/b19-7-,24-14?. The number of piperidine rings is 1. The number of aliphatic imine (C=N–C) groups is 1. The summed E-state index contributed by atoms with van der Waals surface area (Å²) < 4.78 is 5.67. The van der Waals surface area contributed by atoms with Crippen LogP contribution in [0.3, 0.4) is 0 Å². The Morgan fingerprint density at radius 3 is 2.79 bits per heavy atom. The average molecular weight is 404 g/mol. The Morgan fingerprint density at radius 1 is 1.43 bits per heavy atom. The summed E-state index contributed by atoms with van der Waals surface area (Å²) in [7, 11) is 0. The highest BCUT2D eigenvalue weighted by molar-refractivity contribution is 6.30. The molecule has 1 atom stereocenters. The van der Waals surface area contributed by atoms with Crippen LogP contribution >= 0.6 is 11.6 Å². The van der Waals surface area contributed by atoms with Gasteiger partial charge >= 0.3 is 0 Å². The smallest absolute Gasteiger partial charge is 0.225 e. The van der Waals surface area contributed by atoms with Crippen LogP contribution in [0.25, 0.3) is 0 Å². The molecule has 0 amide bonds. The molecule has 2 heterocycles. The Kier molecular flexibility index (Phi) is 9.95. The van der Waals surface area contributed by atoms with E-state index in [4.69, 9.17) is 21.6 Å². The van der Waals surface area contributed by atoms with Crippen LogP contribution in [0.2, 0.25) is 5.02 Å². The molecule has 0 spiro atoms. The van der Waals surface area contributed by atoms with Gasteiger partial charge < -0.3 is 9.64 Å². The zero-order valence-corrected chi connectivity index (χ0v) is 17.6. The summed E-state index contributed by atoms with van der Waals surface area (Å²) in [6.07, 6.45) is 11.3. The van der Waals surface area contributed by atoms with E-state index in [9.17, 15) is 0 Å². The Balaban J connectivity index is 1.62. The largest absolute Gasteiger partial charge is 0.377 e. The number of aromatic nitrogens is 2. The lowest BCUT2D eigenvalue weighted by Gasteiger charge is -2.33. The molecular formula is C21H30ClN5O. The Labute approximate surface area is 173 Å². The Morgan fingerprint density at radius 2 is 2.14 bits per heavy atom. The van der Waals surface area contributed by atoms with Crippen LogP contribution in [-0.4, -0.2) is 49.0 Å². The summed E-state index contributed by atoms with van der Waals surface area (Å²) in [4.78, 5) is 14.9. The second-order valence-corrected chi connectivity index (χ2v) is 7.67. The zero-order valence-electron chi connectivity index (χ0n) is 16.9. The summed E-state index contributed by atoms with van der Waals surface area (Å²) >= 11 is 5.86. The number of allylic oxidation sites excluding steroid dienone is 1. The second-order valence-electron chi connectivity index (χ2n) is 7.24. The van der Waals surface area contributed by atoms with Gasteiger partial charge in [0.05, 0.1) is 29.6 Å². The lowest BCUT2D eigenvalue weighted by atomic mass is 9.87. The van der Waals surface area contributed by atoms with Gasteiger partial charge in [0.1, 0.15) is 6.07 Å². The minimum absolute atomic E-state index is 0.463. The quantitative estimate of drug-likeness (QED) is 0.330. The van der Waals surface area contributed by atoms with Crippen LogP contribution in [0.15, 0.2) is 29.0 Å². The van der Waals surface area contributed by atoms with E-state index in [0.29, 0.717) is 29.7 Å². The molecule has 6 nitrogen and oxygen atoms in total. The lowest BCUT2D eigenvalue weighted by molar-refractivity contribution is 0.141. The summed E-state index contributed by atoms with van der Waals surface area (Å²) in [6.45, 7) is 8.10. The van der Waals surface area contributed by atoms with E-state index in [2.05, 4.69) is 32.9 Å². The highest BCUT2D eigenvalue weighted by atomic mass is 35.5. The van der Waals surface area contributed by atoms with Crippen LogP contribution in [0, 0.1) is 23.2 Å². The monoisotopic (exact) mass is 403 g/mol. The zero-order chi connectivity index (χ0) is 20.2. The van der Waals surface area contributed by atoms with Crippen LogP contribution in [0.1, 0.15) is 39.5 Å². The third kappa shape index (κ3) is 7.95. The van der Waals surface area contributed by atoms with E-state index in [1.165, 1.54) is 19.3 Å². The van der Waals surface area contributed by atoms with E-state index < -0.39 is 0 Å². The van der Waals surface area contributed by atoms with Crippen molar-refractivity contribution in [2.75, 3.05) is 37.7 Å². The fourth-order valence-electron chi connectivity index (χ4n) is 3.36. The molecule has 0 saturated carbocycles. The molecule has 0 bridgehead atoms. The van der Waals surface area contributed by atoms with Crippen molar-refractivity contribution in [3.05, 3.63) is 29.1 Å². The number of anilines is 1. The molecule has 152 valence electrons. The molecule has 1 aromatic rings. The van der Waals surface area contributed by atoms with Gasteiger partial charge in [-0.1, -0.05) is 18.5 Å². The van der Waals surface area contributed by atoms with Crippen molar-refractivity contribution in [3.63, 3.8) is 0 Å². The van der Waals surface area contributed by atoms with Crippen molar-refractivity contribution in [3.8, 4) is 6.07 Å². The van der Waals surface area contributed by atoms with Gasteiger partial charge in [0, 0.05) is 32.5 Å². The molecule has 1 unspecified atom stereocenters. The van der Waals surface area contributed by atoms with Crippen molar-refractivity contribution in [1.82, 2.24) is 9.97 Å². The number of hydrogen-bond donors (Lipinski definition) is 0. The van der Waals surface area contributed by atoms with E-state index in [0.717, 1.165) is 38.0 Å². The molecular weight excluding hydrogens is 374 g/mol. The van der Waals surface area contributed by atoms with E-state index in [-0.39, 0.29) is 0 Å². The first-order chi connectivity index (χ1) is 13.6. The molecule has 0 radical (unpaired) electrons. The first-order valence-corrected chi connectivity index (χ1v) is 10.4. The molecule has 1 fully saturated rings. The van der Waals surface area contributed by atoms with Crippen molar-refractivity contribution >= 4 is 23.8 Å². The molecule has 1 aliphatic heterocycles. The summed E-state index contributed by atoms with van der Waals surface area (Å²) in [5.74, 6) is 2.15. The van der Waals surface area contributed by atoms with Gasteiger partial charge in [0.2, 0.25) is 5.95 Å². The predicted molar refractivity (Wildman–Crippen MR) is 114 cm³/mol. The maximum Gasteiger partial charge on any atom is 0.225 e. The Hall–Kier alpha value is -1.97. The maximum absolute atomic E-state index is 9.00. The van der Waals surface area contributed by atoms with Gasteiger partial charge in [0.15, 0.2) is 0 Å². The SMILES string of the molecule is CCN=C/C(C#N)=C\COCCC(C)CC1CCN(c2ncc(Cl)cn2)CC1. The summed E-state index contributed by atoms with van der Waals surface area (Å²) in [5, 5.41) is 9.57. The number of nitriles is 1. The molecule has 0 N–H and O–H groups in total. The first kappa shape index (κ1) is 22.3. The van der Waals surface area contributed by atoms with Gasteiger partial charge in [-0.25, -0.2) is 9.97 Å². The van der Waals surface area contributed by atoms with Gasteiger partial charge in [0.25, 0.3) is 0 Å². The normalized spacial score (nSPS) is 17.1.